The largest absolute Gasteiger partial charge is 0.484 e. The maximum Gasteiger partial charge on any atom is 0.261 e. The van der Waals surface area contributed by atoms with Crippen LogP contribution in [0.4, 0.5) is 10.1 Å². The van der Waals surface area contributed by atoms with Crippen molar-refractivity contribution in [2.75, 3.05) is 11.3 Å². The van der Waals surface area contributed by atoms with E-state index in [0.29, 0.717) is 5.56 Å². The molecule has 5 aromatic rings. The molecule has 0 fully saturated rings. The second-order valence-corrected chi connectivity index (χ2v) is 12.0. The topological polar surface area (TPSA) is 118 Å². The van der Waals surface area contributed by atoms with Crippen LogP contribution < -0.4 is 14.8 Å². The molecule has 2 amide bonds. The van der Waals surface area contributed by atoms with Crippen LogP contribution in [-0.2, 0) is 32.7 Å². The Bertz CT molecular complexity index is 1840. The van der Waals surface area contributed by atoms with Crippen LogP contribution in [0.5, 0.6) is 5.75 Å². The molecule has 0 aliphatic rings. The van der Waals surface area contributed by atoms with Gasteiger partial charge in [0.25, 0.3) is 15.9 Å². The van der Waals surface area contributed by atoms with Gasteiger partial charge in [-0.1, -0.05) is 66.7 Å². The van der Waals surface area contributed by atoms with Gasteiger partial charge in [-0.25, -0.2) is 12.8 Å². The molecule has 11 heteroatoms. The number of hydrogen-bond donors (Lipinski definition) is 2. The molecule has 0 spiro atoms. The van der Waals surface area contributed by atoms with E-state index < -0.39 is 34.4 Å². The lowest BCUT2D eigenvalue weighted by Gasteiger charge is -2.31. The Labute approximate surface area is 266 Å². The Morgan fingerprint density at radius 1 is 0.804 bits per heavy atom. The smallest absolute Gasteiger partial charge is 0.261 e. The van der Waals surface area contributed by atoms with Gasteiger partial charge in [0.1, 0.15) is 17.6 Å². The zero-order valence-electron chi connectivity index (χ0n) is 24.6. The molecule has 1 aromatic heterocycles. The summed E-state index contributed by atoms with van der Waals surface area (Å²) in [5, 5.41) is 2.94. The first-order chi connectivity index (χ1) is 22.3. The lowest BCUT2D eigenvalue weighted by atomic mass is 10.0. The minimum atomic E-state index is -3.95. The second-order valence-electron chi connectivity index (χ2n) is 10.3. The zero-order valence-corrected chi connectivity index (χ0v) is 25.4. The van der Waals surface area contributed by atoms with Gasteiger partial charge in [0.15, 0.2) is 6.61 Å². The molecular formula is C35H31FN4O5S. The molecule has 234 valence electrons. The van der Waals surface area contributed by atoms with Crippen LogP contribution in [0.1, 0.15) is 22.7 Å². The highest BCUT2D eigenvalue weighted by atomic mass is 32.2. The van der Waals surface area contributed by atoms with Crippen molar-refractivity contribution in [1.29, 1.82) is 0 Å². The van der Waals surface area contributed by atoms with E-state index >= 15 is 0 Å². The average molecular weight is 639 g/mol. The van der Waals surface area contributed by atoms with E-state index in [-0.39, 0.29) is 35.3 Å². The third kappa shape index (κ3) is 8.54. The number of benzene rings is 4. The minimum Gasteiger partial charge on any atom is -0.484 e. The fourth-order valence-corrected chi connectivity index (χ4v) is 5.73. The van der Waals surface area contributed by atoms with Gasteiger partial charge in [-0.15, -0.1) is 0 Å². The van der Waals surface area contributed by atoms with Gasteiger partial charge in [0.05, 0.1) is 4.90 Å². The number of sulfonamides is 1. The van der Waals surface area contributed by atoms with Crippen LogP contribution in [-0.4, -0.2) is 36.7 Å². The number of nitrogens with one attached hydrogen (secondary N) is 2. The monoisotopic (exact) mass is 638 g/mol. The number of carbonyl (C=O) groups excluding carboxylic acids is 2. The van der Waals surface area contributed by atoms with E-state index in [1.807, 2.05) is 42.5 Å². The first-order valence-corrected chi connectivity index (χ1v) is 15.8. The molecule has 2 N–H and O–H groups in total. The maximum atomic E-state index is 13.8. The van der Waals surface area contributed by atoms with Crippen LogP contribution in [0.15, 0.2) is 139 Å². The number of aromatic nitrogens is 1. The summed E-state index contributed by atoms with van der Waals surface area (Å²) in [7, 11) is -3.95. The molecule has 0 aliphatic heterocycles. The number of rotatable bonds is 13. The predicted molar refractivity (Wildman–Crippen MR) is 171 cm³/mol. The first kappa shape index (κ1) is 31.9. The normalized spacial score (nSPS) is 11.7. The number of halogens is 1. The minimum absolute atomic E-state index is 0.0457. The molecule has 4 aromatic carbocycles. The summed E-state index contributed by atoms with van der Waals surface area (Å²) < 4.78 is 47.0. The van der Waals surface area contributed by atoms with Crippen molar-refractivity contribution >= 4 is 27.5 Å². The summed E-state index contributed by atoms with van der Waals surface area (Å²) in [6.07, 6.45) is 3.31. The maximum absolute atomic E-state index is 13.8. The van der Waals surface area contributed by atoms with Crippen LogP contribution >= 0.6 is 0 Å². The van der Waals surface area contributed by atoms with E-state index in [4.69, 9.17) is 4.74 Å². The number of anilines is 1. The number of nitrogens with zero attached hydrogens (tertiary/aromatic N) is 2. The highest BCUT2D eigenvalue weighted by Gasteiger charge is 2.32. The Morgan fingerprint density at radius 2 is 1.46 bits per heavy atom. The standard InChI is InChI=1S/C35H31FN4O5S/c36-29-13-15-30(16-14-29)39-46(43,44)32-19-17-31(18-20-32)45-25-33(41)40(24-26-8-3-1-4-9-26)34(28-11-5-2-6-12-28)35(42)38-23-27-10-7-21-37-22-27/h1-22,34,39H,23-25H2,(H,38,42)/t34-/m1/s1. The van der Waals surface area contributed by atoms with Crippen molar-refractivity contribution in [3.63, 3.8) is 0 Å². The Morgan fingerprint density at radius 3 is 2.11 bits per heavy atom. The third-order valence-corrected chi connectivity index (χ3v) is 8.37. The van der Waals surface area contributed by atoms with Crippen LogP contribution in [0.3, 0.4) is 0 Å². The van der Waals surface area contributed by atoms with E-state index in [0.717, 1.165) is 23.3 Å². The molecule has 1 atom stereocenters. The fourth-order valence-electron chi connectivity index (χ4n) is 4.68. The second kappa shape index (κ2) is 15.0. The van der Waals surface area contributed by atoms with Crippen molar-refractivity contribution < 1.29 is 27.1 Å². The molecule has 0 saturated heterocycles. The van der Waals surface area contributed by atoms with Crippen molar-refractivity contribution in [2.24, 2.45) is 0 Å². The summed E-state index contributed by atoms with van der Waals surface area (Å²) >= 11 is 0. The zero-order chi connectivity index (χ0) is 32.4. The highest BCUT2D eigenvalue weighted by Crippen LogP contribution is 2.25. The molecular weight excluding hydrogens is 607 g/mol. The third-order valence-electron chi connectivity index (χ3n) is 6.97. The average Bonchev–Trinajstić information content (AvgIpc) is 3.08. The Hall–Kier alpha value is -5.55. The lowest BCUT2D eigenvalue weighted by Crippen LogP contribution is -2.45. The van der Waals surface area contributed by atoms with E-state index in [1.165, 1.54) is 41.3 Å². The van der Waals surface area contributed by atoms with E-state index in [9.17, 15) is 22.4 Å². The fraction of sp³-hybridized carbons (Fsp3) is 0.114. The molecule has 0 saturated carbocycles. The summed E-state index contributed by atoms with van der Waals surface area (Å²) in [4.78, 5) is 33.1. The van der Waals surface area contributed by atoms with Gasteiger partial charge in [-0.3, -0.25) is 19.3 Å². The quantitative estimate of drug-likeness (QED) is 0.176. The van der Waals surface area contributed by atoms with Crippen molar-refractivity contribution in [3.05, 3.63) is 156 Å². The predicted octanol–water partition coefficient (Wildman–Crippen LogP) is 5.49. The molecule has 0 bridgehead atoms. The summed E-state index contributed by atoms with van der Waals surface area (Å²) in [6, 6.07) is 31.5. The number of ether oxygens (including phenoxy) is 1. The molecule has 1 heterocycles. The molecule has 46 heavy (non-hydrogen) atoms. The molecule has 5 rings (SSSR count). The number of pyridine rings is 1. The van der Waals surface area contributed by atoms with Gasteiger partial charge in [0.2, 0.25) is 5.91 Å². The molecule has 0 unspecified atom stereocenters. The lowest BCUT2D eigenvalue weighted by molar-refractivity contribution is -0.143. The Balaban J connectivity index is 1.34. The van der Waals surface area contributed by atoms with Gasteiger partial charge < -0.3 is 15.0 Å². The van der Waals surface area contributed by atoms with Crippen LogP contribution in [0, 0.1) is 5.82 Å². The summed E-state index contributed by atoms with van der Waals surface area (Å²) in [5.74, 6) is -1.06. The summed E-state index contributed by atoms with van der Waals surface area (Å²) in [6.45, 7) is -0.0493. The molecule has 9 nitrogen and oxygen atoms in total. The highest BCUT2D eigenvalue weighted by molar-refractivity contribution is 7.92. The van der Waals surface area contributed by atoms with Crippen LogP contribution in [0.25, 0.3) is 0 Å². The van der Waals surface area contributed by atoms with E-state index in [2.05, 4.69) is 15.0 Å². The number of carbonyl (C=O) groups is 2. The number of amides is 2. The van der Waals surface area contributed by atoms with Gasteiger partial charge in [0, 0.05) is 31.2 Å². The first-order valence-electron chi connectivity index (χ1n) is 14.3. The van der Waals surface area contributed by atoms with Crippen molar-refractivity contribution in [1.82, 2.24) is 15.2 Å². The molecule has 0 radical (unpaired) electrons. The SMILES string of the molecule is O=C(NCc1cccnc1)[C@@H](c1ccccc1)N(Cc1ccccc1)C(=O)COc1ccc(S(=O)(=O)Nc2ccc(F)cc2)cc1. The Kier molecular flexibility index (Phi) is 10.4. The number of hydrogen-bond acceptors (Lipinski definition) is 6. The van der Waals surface area contributed by atoms with Crippen molar-refractivity contribution in [2.45, 2.75) is 24.0 Å². The van der Waals surface area contributed by atoms with Gasteiger partial charge in [-0.05, 0) is 71.3 Å². The van der Waals surface area contributed by atoms with E-state index in [1.54, 1.807) is 42.7 Å². The summed E-state index contributed by atoms with van der Waals surface area (Å²) in [5.41, 5.74) is 2.47. The van der Waals surface area contributed by atoms with Crippen molar-refractivity contribution in [3.8, 4) is 5.75 Å². The van der Waals surface area contributed by atoms with Crippen LogP contribution in [0.2, 0.25) is 0 Å². The van der Waals surface area contributed by atoms with Gasteiger partial charge in [-0.2, -0.15) is 0 Å². The van der Waals surface area contributed by atoms with Gasteiger partial charge >= 0.3 is 0 Å². The molecule has 0 aliphatic carbocycles.